The summed E-state index contributed by atoms with van der Waals surface area (Å²) in [7, 11) is 1.14. The van der Waals surface area contributed by atoms with Gasteiger partial charge in [0.25, 0.3) is 0 Å². The van der Waals surface area contributed by atoms with Crippen LogP contribution < -0.4 is 0 Å². The second-order valence-electron chi connectivity index (χ2n) is 5.16. The van der Waals surface area contributed by atoms with Crippen LogP contribution in [-0.4, -0.2) is 60.2 Å². The summed E-state index contributed by atoms with van der Waals surface area (Å²) >= 11 is 0. The SMILES string of the molecule is OCCOCCOCCCCC1([SiH3])CCCCO1. The van der Waals surface area contributed by atoms with Crippen molar-refractivity contribution in [3.05, 3.63) is 0 Å². The van der Waals surface area contributed by atoms with E-state index in [-0.39, 0.29) is 11.8 Å². The highest BCUT2D eigenvalue weighted by Crippen LogP contribution is 2.26. The Morgan fingerprint density at radius 1 is 1.06 bits per heavy atom. The standard InChI is InChI=1S/C13H28O4Si/c14-7-10-16-12-11-15-8-3-1-5-13(18)6-2-4-9-17-13/h14H,1-12H2,18H3. The van der Waals surface area contributed by atoms with Crippen LogP contribution in [0.5, 0.6) is 0 Å². The first kappa shape index (κ1) is 16.1. The first-order valence-electron chi connectivity index (χ1n) is 7.17. The molecular formula is C13H28O4Si. The van der Waals surface area contributed by atoms with E-state index in [1.165, 1.54) is 32.1 Å². The smallest absolute Gasteiger partial charge is 0.0701 e. The molecule has 5 heteroatoms. The number of aliphatic hydroxyl groups is 1. The lowest BCUT2D eigenvalue weighted by Gasteiger charge is -2.34. The van der Waals surface area contributed by atoms with E-state index in [0.29, 0.717) is 19.8 Å². The van der Waals surface area contributed by atoms with Crippen LogP contribution in [0.2, 0.25) is 0 Å². The fraction of sp³-hybridized carbons (Fsp3) is 1.00. The summed E-state index contributed by atoms with van der Waals surface area (Å²) in [5.74, 6) is 0. The van der Waals surface area contributed by atoms with Crippen LogP contribution in [0.4, 0.5) is 0 Å². The number of hydrogen-bond acceptors (Lipinski definition) is 4. The average molecular weight is 276 g/mol. The molecule has 0 aromatic carbocycles. The van der Waals surface area contributed by atoms with Gasteiger partial charge in [0.15, 0.2) is 0 Å². The molecule has 1 aliphatic heterocycles. The summed E-state index contributed by atoms with van der Waals surface area (Å²) in [5.41, 5.74) is 0. The van der Waals surface area contributed by atoms with Crippen molar-refractivity contribution in [2.45, 2.75) is 43.7 Å². The number of aliphatic hydroxyl groups excluding tert-OH is 1. The second-order valence-corrected chi connectivity index (χ2v) is 6.98. The van der Waals surface area contributed by atoms with Crippen molar-refractivity contribution in [1.29, 1.82) is 0 Å². The molecule has 1 aliphatic rings. The maximum absolute atomic E-state index is 8.51. The lowest BCUT2D eigenvalue weighted by molar-refractivity contribution is -0.0255. The molecule has 4 nitrogen and oxygen atoms in total. The van der Waals surface area contributed by atoms with Crippen LogP contribution >= 0.6 is 0 Å². The molecule has 0 amide bonds. The van der Waals surface area contributed by atoms with Gasteiger partial charge in [0.05, 0.1) is 26.4 Å². The molecule has 0 bridgehead atoms. The van der Waals surface area contributed by atoms with E-state index >= 15 is 0 Å². The summed E-state index contributed by atoms with van der Waals surface area (Å²) in [6, 6.07) is 0. The van der Waals surface area contributed by atoms with Crippen LogP contribution in [0.15, 0.2) is 0 Å². The largest absolute Gasteiger partial charge is 0.394 e. The van der Waals surface area contributed by atoms with E-state index in [4.69, 9.17) is 19.3 Å². The predicted octanol–water partition coefficient (Wildman–Crippen LogP) is 0.444. The molecule has 0 spiro atoms. The molecule has 18 heavy (non-hydrogen) atoms. The number of rotatable bonds is 10. The van der Waals surface area contributed by atoms with E-state index in [9.17, 15) is 0 Å². The zero-order chi connectivity index (χ0) is 13.1. The van der Waals surface area contributed by atoms with E-state index in [1.54, 1.807) is 0 Å². The molecule has 1 rings (SSSR count). The summed E-state index contributed by atoms with van der Waals surface area (Å²) < 4.78 is 16.5. The van der Waals surface area contributed by atoms with Gasteiger partial charge in [-0.05, 0) is 38.5 Å². The molecule has 0 aromatic heterocycles. The Morgan fingerprint density at radius 3 is 2.50 bits per heavy atom. The van der Waals surface area contributed by atoms with Crippen molar-refractivity contribution in [1.82, 2.24) is 0 Å². The molecule has 0 aliphatic carbocycles. The minimum Gasteiger partial charge on any atom is -0.394 e. The van der Waals surface area contributed by atoms with Crippen LogP contribution in [0, 0.1) is 0 Å². The van der Waals surface area contributed by atoms with Crippen molar-refractivity contribution in [2.24, 2.45) is 0 Å². The van der Waals surface area contributed by atoms with Gasteiger partial charge in [0.2, 0.25) is 0 Å². The Kier molecular flexibility index (Phi) is 8.88. The molecule has 1 fully saturated rings. The third kappa shape index (κ3) is 7.48. The molecule has 1 unspecified atom stereocenters. The molecule has 1 saturated heterocycles. The molecule has 108 valence electrons. The molecule has 0 saturated carbocycles. The van der Waals surface area contributed by atoms with E-state index in [1.807, 2.05) is 0 Å². The van der Waals surface area contributed by atoms with Crippen LogP contribution in [0.25, 0.3) is 0 Å². The zero-order valence-electron chi connectivity index (χ0n) is 11.7. The van der Waals surface area contributed by atoms with E-state index < -0.39 is 0 Å². The van der Waals surface area contributed by atoms with Gasteiger partial charge in [-0.2, -0.15) is 0 Å². The van der Waals surface area contributed by atoms with E-state index in [2.05, 4.69) is 0 Å². The summed E-state index contributed by atoms with van der Waals surface area (Å²) in [6.45, 7) is 3.46. The first-order valence-corrected chi connectivity index (χ1v) is 8.17. The monoisotopic (exact) mass is 276 g/mol. The van der Waals surface area contributed by atoms with Crippen molar-refractivity contribution >= 4 is 10.2 Å². The van der Waals surface area contributed by atoms with E-state index in [0.717, 1.165) is 29.9 Å². The van der Waals surface area contributed by atoms with Crippen molar-refractivity contribution in [2.75, 3.05) is 39.6 Å². The Bertz CT molecular complexity index is 195. The highest BCUT2D eigenvalue weighted by Gasteiger charge is 2.26. The molecule has 1 heterocycles. The number of hydrogen-bond donors (Lipinski definition) is 1. The molecule has 0 radical (unpaired) electrons. The summed E-state index contributed by atoms with van der Waals surface area (Å²) in [6.07, 6.45) is 7.33. The van der Waals surface area contributed by atoms with Gasteiger partial charge in [-0.1, -0.05) is 0 Å². The van der Waals surface area contributed by atoms with Gasteiger partial charge in [0.1, 0.15) is 0 Å². The predicted molar refractivity (Wildman–Crippen MR) is 75.0 cm³/mol. The third-order valence-corrected chi connectivity index (χ3v) is 4.69. The van der Waals surface area contributed by atoms with Gasteiger partial charge in [-0.15, -0.1) is 0 Å². The fourth-order valence-corrected chi connectivity index (χ4v) is 3.19. The van der Waals surface area contributed by atoms with Gasteiger partial charge < -0.3 is 19.3 Å². The van der Waals surface area contributed by atoms with Crippen molar-refractivity contribution in [3.63, 3.8) is 0 Å². The third-order valence-electron chi connectivity index (χ3n) is 3.40. The molecular weight excluding hydrogens is 248 g/mol. The Labute approximate surface area is 113 Å². The lowest BCUT2D eigenvalue weighted by Crippen LogP contribution is -2.36. The second kappa shape index (κ2) is 9.92. The summed E-state index contributed by atoms with van der Waals surface area (Å²) in [4.78, 5) is 0. The Balaban J connectivity index is 1.86. The van der Waals surface area contributed by atoms with Crippen LogP contribution in [0.1, 0.15) is 38.5 Å². The molecule has 1 atom stereocenters. The van der Waals surface area contributed by atoms with Gasteiger partial charge in [-0.3, -0.25) is 0 Å². The fourth-order valence-electron chi connectivity index (χ4n) is 2.28. The number of unbranched alkanes of at least 4 members (excludes halogenated alkanes) is 1. The van der Waals surface area contributed by atoms with Crippen molar-refractivity contribution in [3.8, 4) is 0 Å². The van der Waals surface area contributed by atoms with Gasteiger partial charge in [0, 0.05) is 28.7 Å². The maximum atomic E-state index is 8.51. The van der Waals surface area contributed by atoms with Crippen molar-refractivity contribution < 1.29 is 19.3 Å². The topological polar surface area (TPSA) is 47.9 Å². The van der Waals surface area contributed by atoms with Crippen LogP contribution in [-0.2, 0) is 14.2 Å². The highest BCUT2D eigenvalue weighted by atomic mass is 28.1. The lowest BCUT2D eigenvalue weighted by atomic mass is 10.0. The zero-order valence-corrected chi connectivity index (χ0v) is 13.7. The minimum atomic E-state index is 0.0858. The molecule has 1 N–H and O–H groups in total. The van der Waals surface area contributed by atoms with Crippen LogP contribution in [0.3, 0.4) is 0 Å². The first-order chi connectivity index (χ1) is 8.77. The minimum absolute atomic E-state index is 0.0858. The average Bonchev–Trinajstić information content (AvgIpc) is 2.38. The van der Waals surface area contributed by atoms with Gasteiger partial charge >= 0.3 is 0 Å². The summed E-state index contributed by atoms with van der Waals surface area (Å²) in [5, 5.41) is 8.77. The van der Waals surface area contributed by atoms with Gasteiger partial charge in [-0.25, -0.2) is 0 Å². The Morgan fingerprint density at radius 2 is 1.83 bits per heavy atom. The highest BCUT2D eigenvalue weighted by molar-refractivity contribution is 6.14. The quantitative estimate of drug-likeness (QED) is 0.465. The number of ether oxygens (including phenoxy) is 3. The normalized spacial score (nSPS) is 24.5. The molecule has 0 aromatic rings. The Hall–Kier alpha value is 0.0569. The maximum Gasteiger partial charge on any atom is 0.0701 e.